The van der Waals surface area contributed by atoms with Crippen molar-refractivity contribution in [3.8, 4) is 11.1 Å². The quantitative estimate of drug-likeness (QED) is 0.570. The van der Waals surface area contributed by atoms with Gasteiger partial charge < -0.3 is 0 Å². The zero-order valence-corrected chi connectivity index (χ0v) is 12.9. The first-order valence-electron chi connectivity index (χ1n) is 7.05. The van der Waals surface area contributed by atoms with Gasteiger partial charge >= 0.3 is 6.18 Å². The average molecular weight is 294 g/mol. The van der Waals surface area contributed by atoms with Crippen LogP contribution in [0, 0.1) is 13.8 Å². The van der Waals surface area contributed by atoms with Crippen LogP contribution in [0.3, 0.4) is 0 Å². The summed E-state index contributed by atoms with van der Waals surface area (Å²) in [7, 11) is 0. The molecule has 2 aromatic rings. The SMILES string of the molecule is CCC.Cc1cccc(C)c1-c1ccc(C(F)(F)F)cc1. The summed E-state index contributed by atoms with van der Waals surface area (Å²) in [6, 6.07) is 11.2. The normalized spacial score (nSPS) is 10.8. The Kier molecular flexibility index (Phi) is 6.01. The predicted molar refractivity (Wildman–Crippen MR) is 82.3 cm³/mol. The summed E-state index contributed by atoms with van der Waals surface area (Å²) in [6.07, 6.45) is -3.03. The zero-order valence-electron chi connectivity index (χ0n) is 12.9. The Balaban J connectivity index is 0.000000677. The van der Waals surface area contributed by atoms with Gasteiger partial charge in [-0.2, -0.15) is 13.2 Å². The highest BCUT2D eigenvalue weighted by Gasteiger charge is 2.30. The molecule has 0 amide bonds. The molecule has 0 N–H and O–H groups in total. The Morgan fingerprint density at radius 2 is 1.24 bits per heavy atom. The third-order valence-corrected chi connectivity index (χ3v) is 2.98. The smallest absolute Gasteiger partial charge is 0.166 e. The van der Waals surface area contributed by atoms with Crippen molar-refractivity contribution in [1.82, 2.24) is 0 Å². The summed E-state index contributed by atoms with van der Waals surface area (Å²) < 4.78 is 37.4. The molecule has 0 saturated carbocycles. The first-order valence-corrected chi connectivity index (χ1v) is 7.05. The van der Waals surface area contributed by atoms with E-state index in [0.29, 0.717) is 0 Å². The first kappa shape index (κ1) is 17.3. The van der Waals surface area contributed by atoms with Crippen LogP contribution in [-0.4, -0.2) is 0 Å². The molecule has 0 atom stereocenters. The highest BCUT2D eigenvalue weighted by molar-refractivity contribution is 5.70. The van der Waals surface area contributed by atoms with Crippen LogP contribution in [0.2, 0.25) is 0 Å². The second-order valence-corrected chi connectivity index (χ2v) is 5.05. The molecule has 0 radical (unpaired) electrons. The van der Waals surface area contributed by atoms with Gasteiger partial charge in [0.05, 0.1) is 5.56 Å². The van der Waals surface area contributed by atoms with Crippen molar-refractivity contribution in [3.63, 3.8) is 0 Å². The van der Waals surface area contributed by atoms with E-state index in [1.54, 1.807) is 0 Å². The zero-order chi connectivity index (χ0) is 16.0. The molecule has 3 heteroatoms. The number of benzene rings is 2. The maximum absolute atomic E-state index is 12.5. The van der Waals surface area contributed by atoms with Crippen LogP contribution in [0.5, 0.6) is 0 Å². The molecule has 2 rings (SSSR count). The molecule has 0 aliphatic heterocycles. The van der Waals surface area contributed by atoms with Gasteiger partial charge in [0, 0.05) is 0 Å². The molecule has 0 bridgehead atoms. The number of halogens is 3. The van der Waals surface area contributed by atoms with Gasteiger partial charge in [0.1, 0.15) is 0 Å². The van der Waals surface area contributed by atoms with E-state index in [0.717, 1.165) is 34.4 Å². The van der Waals surface area contributed by atoms with Gasteiger partial charge in [-0.1, -0.05) is 50.6 Å². The maximum Gasteiger partial charge on any atom is 0.416 e. The minimum Gasteiger partial charge on any atom is -0.166 e. The van der Waals surface area contributed by atoms with Crippen LogP contribution in [0.1, 0.15) is 37.0 Å². The van der Waals surface area contributed by atoms with E-state index in [9.17, 15) is 13.2 Å². The van der Waals surface area contributed by atoms with Crippen LogP contribution in [-0.2, 0) is 6.18 Å². The number of hydrogen-bond donors (Lipinski definition) is 0. The third-order valence-electron chi connectivity index (χ3n) is 2.98. The predicted octanol–water partition coefficient (Wildman–Crippen LogP) is 6.41. The largest absolute Gasteiger partial charge is 0.416 e. The van der Waals surface area contributed by atoms with Crippen molar-refractivity contribution >= 4 is 0 Å². The monoisotopic (exact) mass is 294 g/mol. The topological polar surface area (TPSA) is 0 Å². The molecule has 0 heterocycles. The lowest BCUT2D eigenvalue weighted by Gasteiger charge is -2.11. The molecule has 0 aromatic heterocycles. The standard InChI is InChI=1S/C15H13F3.C3H8/c1-10-4-3-5-11(2)14(10)12-6-8-13(9-7-12)15(16,17)18;1-3-2/h3-9H,1-2H3;3H2,1-2H3. The molecule has 114 valence electrons. The molecular formula is C18H21F3. The van der Waals surface area contributed by atoms with Crippen molar-refractivity contribution in [1.29, 1.82) is 0 Å². The first-order chi connectivity index (χ1) is 9.81. The maximum atomic E-state index is 12.5. The number of aryl methyl sites for hydroxylation is 2. The second kappa shape index (κ2) is 7.30. The molecule has 0 spiro atoms. The molecule has 21 heavy (non-hydrogen) atoms. The molecule has 0 nitrogen and oxygen atoms in total. The van der Waals surface area contributed by atoms with E-state index < -0.39 is 11.7 Å². The van der Waals surface area contributed by atoms with E-state index in [4.69, 9.17) is 0 Å². The molecule has 0 saturated heterocycles. The van der Waals surface area contributed by atoms with Gasteiger partial charge in [0.15, 0.2) is 0 Å². The summed E-state index contributed by atoms with van der Waals surface area (Å²) in [5.41, 5.74) is 3.34. The molecule has 0 aliphatic carbocycles. The van der Waals surface area contributed by atoms with Crippen LogP contribution < -0.4 is 0 Å². The Bertz CT molecular complexity index is 546. The van der Waals surface area contributed by atoms with Crippen molar-refractivity contribution in [2.45, 2.75) is 40.3 Å². The van der Waals surface area contributed by atoms with E-state index >= 15 is 0 Å². The van der Waals surface area contributed by atoms with Gasteiger partial charge in [-0.25, -0.2) is 0 Å². The summed E-state index contributed by atoms with van der Waals surface area (Å²) in [5.74, 6) is 0. The molecule has 0 unspecified atom stereocenters. The van der Waals surface area contributed by atoms with Gasteiger partial charge in [-0.3, -0.25) is 0 Å². The van der Waals surface area contributed by atoms with Gasteiger partial charge in [-0.05, 0) is 48.2 Å². The third kappa shape index (κ3) is 4.62. The molecular weight excluding hydrogens is 273 g/mol. The molecule has 0 fully saturated rings. The Morgan fingerprint density at radius 1 is 0.810 bits per heavy atom. The lowest BCUT2D eigenvalue weighted by atomic mass is 9.95. The van der Waals surface area contributed by atoms with E-state index in [1.165, 1.54) is 18.6 Å². The summed E-state index contributed by atoms with van der Waals surface area (Å²) >= 11 is 0. The number of hydrogen-bond acceptors (Lipinski definition) is 0. The van der Waals surface area contributed by atoms with Gasteiger partial charge in [-0.15, -0.1) is 0 Å². The van der Waals surface area contributed by atoms with Crippen LogP contribution >= 0.6 is 0 Å². The Labute approximate surface area is 124 Å². The van der Waals surface area contributed by atoms with E-state index in [2.05, 4.69) is 13.8 Å². The second-order valence-electron chi connectivity index (χ2n) is 5.05. The van der Waals surface area contributed by atoms with E-state index in [-0.39, 0.29) is 0 Å². The summed E-state index contributed by atoms with van der Waals surface area (Å²) in [4.78, 5) is 0. The van der Waals surface area contributed by atoms with Crippen LogP contribution in [0.4, 0.5) is 13.2 Å². The highest BCUT2D eigenvalue weighted by atomic mass is 19.4. The summed E-state index contributed by atoms with van der Waals surface area (Å²) in [5, 5.41) is 0. The van der Waals surface area contributed by atoms with Crippen molar-refractivity contribution in [3.05, 3.63) is 59.2 Å². The summed E-state index contributed by atoms with van der Waals surface area (Å²) in [6.45, 7) is 8.17. The van der Waals surface area contributed by atoms with Crippen LogP contribution in [0.15, 0.2) is 42.5 Å². The highest BCUT2D eigenvalue weighted by Crippen LogP contribution is 2.32. The van der Waals surface area contributed by atoms with Crippen LogP contribution in [0.25, 0.3) is 11.1 Å². The number of rotatable bonds is 1. The minimum absolute atomic E-state index is 0.613. The van der Waals surface area contributed by atoms with Gasteiger partial charge in [0.25, 0.3) is 0 Å². The minimum atomic E-state index is -4.28. The molecule has 0 aliphatic rings. The van der Waals surface area contributed by atoms with E-state index in [1.807, 2.05) is 32.0 Å². The Hall–Kier alpha value is -1.77. The van der Waals surface area contributed by atoms with Crippen molar-refractivity contribution in [2.75, 3.05) is 0 Å². The average Bonchev–Trinajstić information content (AvgIpc) is 2.39. The fraction of sp³-hybridized carbons (Fsp3) is 0.333. The van der Waals surface area contributed by atoms with Crippen molar-refractivity contribution < 1.29 is 13.2 Å². The fourth-order valence-electron chi connectivity index (χ4n) is 2.10. The lowest BCUT2D eigenvalue weighted by Crippen LogP contribution is -2.04. The fourth-order valence-corrected chi connectivity index (χ4v) is 2.10. The lowest BCUT2D eigenvalue weighted by molar-refractivity contribution is -0.137. The van der Waals surface area contributed by atoms with Gasteiger partial charge in [0.2, 0.25) is 0 Å². The van der Waals surface area contributed by atoms with Crippen molar-refractivity contribution in [2.24, 2.45) is 0 Å². The Morgan fingerprint density at radius 3 is 1.62 bits per heavy atom. The number of alkyl halides is 3. The molecule has 2 aromatic carbocycles.